The molecule has 0 heterocycles. The Labute approximate surface area is 291 Å². The summed E-state index contributed by atoms with van der Waals surface area (Å²) in [6.45, 7) is 5.71. The van der Waals surface area contributed by atoms with Gasteiger partial charge in [0.25, 0.3) is 0 Å². The molecule has 5 heteroatoms. The SMILES string of the molecule is CCCCCCCC/C=C\CCCCCCCCO[PH](=O)OCCCCCCCC/C=C\CCCCCCCC.[Nd]. The first-order valence-corrected chi connectivity index (χ1v) is 19.1. The maximum absolute atomic E-state index is 11.9. The van der Waals surface area contributed by atoms with Crippen LogP contribution in [0.2, 0.25) is 0 Å². The quantitative estimate of drug-likeness (QED) is 0.0376. The first-order chi connectivity index (χ1) is 19.8. The summed E-state index contributed by atoms with van der Waals surface area (Å²) in [4.78, 5) is 0. The molecular weight excluding hydrogens is 656 g/mol. The Kier molecular flexibility index (Phi) is 44.1. The fourth-order valence-corrected chi connectivity index (χ4v) is 5.76. The zero-order valence-electron chi connectivity index (χ0n) is 27.7. The molecule has 0 aromatic carbocycles. The second kappa shape index (κ2) is 41.0. The monoisotopic (exact) mass is 724 g/mol. The zero-order valence-corrected chi connectivity index (χ0v) is 32.0. The number of hydrogen-bond donors (Lipinski definition) is 0. The number of allylic oxidation sites excluding steroid dienone is 4. The molecule has 0 aromatic heterocycles. The van der Waals surface area contributed by atoms with E-state index in [4.69, 9.17) is 9.05 Å². The maximum atomic E-state index is 11.9. The van der Waals surface area contributed by atoms with Crippen LogP contribution in [0.4, 0.5) is 0 Å². The van der Waals surface area contributed by atoms with Crippen LogP contribution in [0.1, 0.15) is 194 Å². The Morgan fingerprint density at radius 1 is 0.390 bits per heavy atom. The molecule has 0 unspecified atom stereocenters. The third-order valence-corrected chi connectivity index (χ3v) is 8.63. The van der Waals surface area contributed by atoms with E-state index in [0.717, 1.165) is 25.7 Å². The number of hydrogen-bond acceptors (Lipinski definition) is 3. The topological polar surface area (TPSA) is 35.5 Å². The van der Waals surface area contributed by atoms with Gasteiger partial charge in [0.15, 0.2) is 0 Å². The third-order valence-electron chi connectivity index (χ3n) is 7.75. The van der Waals surface area contributed by atoms with Gasteiger partial charge in [0.2, 0.25) is 0 Å². The molecule has 0 atom stereocenters. The van der Waals surface area contributed by atoms with Crippen LogP contribution >= 0.6 is 8.25 Å². The Bertz CT molecular complexity index is 507. The van der Waals surface area contributed by atoms with Crippen molar-refractivity contribution in [3.05, 3.63) is 24.3 Å². The first kappa shape index (κ1) is 44.1. The van der Waals surface area contributed by atoms with Gasteiger partial charge < -0.3 is 9.05 Å². The minimum absolute atomic E-state index is 0. The van der Waals surface area contributed by atoms with Crippen molar-refractivity contribution >= 4 is 8.25 Å². The van der Waals surface area contributed by atoms with Gasteiger partial charge >= 0.3 is 8.25 Å². The molecule has 242 valence electrons. The Morgan fingerprint density at radius 2 is 0.634 bits per heavy atom. The molecule has 0 bridgehead atoms. The van der Waals surface area contributed by atoms with E-state index < -0.39 is 8.25 Å². The molecule has 0 saturated carbocycles. The van der Waals surface area contributed by atoms with Gasteiger partial charge in [0, 0.05) is 40.8 Å². The molecule has 0 rings (SSSR count). The minimum atomic E-state index is -2.29. The predicted molar refractivity (Wildman–Crippen MR) is 180 cm³/mol. The van der Waals surface area contributed by atoms with E-state index in [0.29, 0.717) is 13.2 Å². The van der Waals surface area contributed by atoms with Gasteiger partial charge in [-0.25, -0.2) is 0 Å². The summed E-state index contributed by atoms with van der Waals surface area (Å²) in [5.74, 6) is 0. The molecule has 3 nitrogen and oxygen atoms in total. The van der Waals surface area contributed by atoms with Crippen molar-refractivity contribution in [1.29, 1.82) is 0 Å². The van der Waals surface area contributed by atoms with E-state index in [-0.39, 0.29) is 40.8 Å². The zero-order chi connectivity index (χ0) is 29.0. The van der Waals surface area contributed by atoms with E-state index in [2.05, 4.69) is 38.2 Å². The van der Waals surface area contributed by atoms with Crippen molar-refractivity contribution in [3.8, 4) is 0 Å². The van der Waals surface area contributed by atoms with E-state index >= 15 is 0 Å². The molecule has 0 aliphatic rings. The third kappa shape index (κ3) is 41.0. The average molecular weight is 727 g/mol. The van der Waals surface area contributed by atoms with Crippen molar-refractivity contribution in [1.82, 2.24) is 0 Å². The van der Waals surface area contributed by atoms with E-state index in [1.54, 1.807) is 0 Å². The van der Waals surface area contributed by atoms with Gasteiger partial charge in [-0.2, -0.15) is 0 Å². The van der Waals surface area contributed by atoms with Gasteiger partial charge in [-0.15, -0.1) is 0 Å². The minimum Gasteiger partial charge on any atom is -0.311 e. The molecule has 0 aromatic rings. The molecule has 0 N–H and O–H groups in total. The Balaban J connectivity index is 0. The molecular formula is C36H71NdO3P. The summed E-state index contributed by atoms with van der Waals surface area (Å²) < 4.78 is 22.7. The second-order valence-corrected chi connectivity index (χ2v) is 12.9. The van der Waals surface area contributed by atoms with Crippen LogP contribution in [0, 0.1) is 40.8 Å². The van der Waals surface area contributed by atoms with Crippen molar-refractivity contribution in [2.24, 2.45) is 0 Å². The fraction of sp³-hybridized carbons (Fsp3) is 0.889. The second-order valence-electron chi connectivity index (χ2n) is 11.8. The van der Waals surface area contributed by atoms with Gasteiger partial charge in [0.1, 0.15) is 0 Å². The van der Waals surface area contributed by atoms with Gasteiger partial charge in [-0.1, -0.05) is 154 Å². The van der Waals surface area contributed by atoms with Crippen LogP contribution in [-0.4, -0.2) is 13.2 Å². The normalized spacial score (nSPS) is 11.8. The van der Waals surface area contributed by atoms with Crippen molar-refractivity contribution in [2.75, 3.05) is 13.2 Å². The van der Waals surface area contributed by atoms with Gasteiger partial charge in [-0.3, -0.25) is 4.57 Å². The van der Waals surface area contributed by atoms with Crippen LogP contribution in [-0.2, 0) is 13.6 Å². The van der Waals surface area contributed by atoms with Crippen molar-refractivity contribution in [2.45, 2.75) is 194 Å². The van der Waals surface area contributed by atoms with Crippen LogP contribution in [0.15, 0.2) is 24.3 Å². The molecule has 0 amide bonds. The van der Waals surface area contributed by atoms with E-state index in [9.17, 15) is 4.57 Å². The first-order valence-electron chi connectivity index (χ1n) is 17.9. The van der Waals surface area contributed by atoms with Crippen LogP contribution < -0.4 is 0 Å². The number of unbranched alkanes of at least 4 members (excludes halogenated alkanes) is 24. The standard InChI is InChI=1S/C36H71O3P.Nd/c1-3-5-7-9-11-13-15-17-19-21-23-25-27-29-31-33-35-38-40(37)39-36-34-32-30-28-26-24-22-20-18-16-14-12-10-8-6-4-2;/h17-20,40H,3-16,21-36H2,1-2H3;/b19-17-,20-18-;. The summed E-state index contributed by atoms with van der Waals surface area (Å²) in [5.41, 5.74) is 0. The largest absolute Gasteiger partial charge is 0.319 e. The fourth-order valence-electron chi connectivity index (χ4n) is 5.05. The number of rotatable bonds is 34. The summed E-state index contributed by atoms with van der Waals surface area (Å²) in [7, 11) is -2.29. The molecule has 0 radical (unpaired) electrons. The van der Waals surface area contributed by atoms with Crippen LogP contribution in [0.25, 0.3) is 0 Å². The summed E-state index contributed by atoms with van der Waals surface area (Å²) in [5, 5.41) is 0. The smallest absolute Gasteiger partial charge is 0.311 e. The maximum Gasteiger partial charge on any atom is 0.319 e. The Morgan fingerprint density at radius 3 is 0.927 bits per heavy atom. The summed E-state index contributed by atoms with van der Waals surface area (Å²) >= 11 is 0. The molecule has 0 spiro atoms. The van der Waals surface area contributed by atoms with Crippen molar-refractivity contribution in [3.63, 3.8) is 0 Å². The molecule has 0 aliphatic carbocycles. The molecule has 0 saturated heterocycles. The van der Waals surface area contributed by atoms with E-state index in [1.165, 1.54) is 154 Å². The van der Waals surface area contributed by atoms with Crippen LogP contribution in [0.5, 0.6) is 0 Å². The summed E-state index contributed by atoms with van der Waals surface area (Å²) in [6.07, 6.45) is 45.8. The van der Waals surface area contributed by atoms with Crippen LogP contribution in [0.3, 0.4) is 0 Å². The van der Waals surface area contributed by atoms with E-state index in [1.807, 2.05) is 0 Å². The van der Waals surface area contributed by atoms with Gasteiger partial charge in [-0.05, 0) is 64.2 Å². The molecule has 41 heavy (non-hydrogen) atoms. The molecule has 0 aliphatic heterocycles. The average Bonchev–Trinajstić information content (AvgIpc) is 2.96. The summed E-state index contributed by atoms with van der Waals surface area (Å²) in [6, 6.07) is 0. The van der Waals surface area contributed by atoms with Crippen molar-refractivity contribution < 1.29 is 54.5 Å². The molecule has 0 fully saturated rings. The Hall–Kier alpha value is 0.981. The predicted octanol–water partition coefficient (Wildman–Crippen LogP) is 13.5. The van der Waals surface area contributed by atoms with Gasteiger partial charge in [0.05, 0.1) is 13.2 Å².